The summed E-state index contributed by atoms with van der Waals surface area (Å²) in [6, 6.07) is 6.39. The summed E-state index contributed by atoms with van der Waals surface area (Å²) >= 11 is 6.41. The van der Waals surface area contributed by atoms with Gasteiger partial charge in [-0.2, -0.15) is 0 Å². The number of aryl methyl sites for hydroxylation is 1. The third-order valence-electron chi connectivity index (χ3n) is 4.00. The van der Waals surface area contributed by atoms with Gasteiger partial charge in [-0.3, -0.25) is 4.79 Å². The van der Waals surface area contributed by atoms with Crippen LogP contribution >= 0.6 is 11.6 Å². The summed E-state index contributed by atoms with van der Waals surface area (Å²) in [4.78, 5) is 10.7. The average molecular weight is 280 g/mol. The van der Waals surface area contributed by atoms with E-state index in [4.69, 9.17) is 17.3 Å². The number of rotatable bonds is 5. The summed E-state index contributed by atoms with van der Waals surface area (Å²) in [7, 11) is 0. The Morgan fingerprint density at radius 1 is 1.26 bits per heavy atom. The van der Waals surface area contributed by atoms with E-state index in [2.05, 4.69) is 18.2 Å². The topological polar surface area (TPSA) is 43.1 Å². The van der Waals surface area contributed by atoms with Crippen molar-refractivity contribution in [2.45, 2.75) is 57.3 Å². The van der Waals surface area contributed by atoms with Crippen molar-refractivity contribution in [2.24, 2.45) is 5.73 Å². The molecule has 0 unspecified atom stereocenters. The van der Waals surface area contributed by atoms with Crippen LogP contribution in [0.15, 0.2) is 18.2 Å². The van der Waals surface area contributed by atoms with E-state index >= 15 is 0 Å². The van der Waals surface area contributed by atoms with Gasteiger partial charge in [0.1, 0.15) is 0 Å². The van der Waals surface area contributed by atoms with E-state index in [0.29, 0.717) is 12.3 Å². The van der Waals surface area contributed by atoms with E-state index < -0.39 is 0 Å². The van der Waals surface area contributed by atoms with Crippen LogP contribution in [0.1, 0.15) is 62.0 Å². The number of hydrogen-bond donors (Lipinski definition) is 1. The molecular formula is C16H22ClNO. The lowest BCUT2D eigenvalue weighted by Gasteiger charge is -2.23. The Kier molecular flexibility index (Phi) is 5.26. The van der Waals surface area contributed by atoms with Gasteiger partial charge in [0.2, 0.25) is 5.91 Å². The van der Waals surface area contributed by atoms with Crippen molar-refractivity contribution in [1.82, 2.24) is 0 Å². The van der Waals surface area contributed by atoms with Crippen LogP contribution in [0.4, 0.5) is 0 Å². The van der Waals surface area contributed by atoms with Gasteiger partial charge in [0.05, 0.1) is 0 Å². The lowest BCUT2D eigenvalue weighted by molar-refractivity contribution is -0.118. The molecule has 2 nitrogen and oxygen atoms in total. The number of hydrogen-bond acceptors (Lipinski definition) is 1. The number of carbonyl (C=O) groups excluding carboxylic acids is 1. The molecule has 104 valence electrons. The number of carbonyl (C=O) groups is 1. The Hall–Kier alpha value is -1.02. The minimum Gasteiger partial charge on any atom is -0.370 e. The number of primary amides is 1. The number of amides is 1. The molecule has 0 atom stereocenters. The normalized spacial score (nSPS) is 16.5. The quantitative estimate of drug-likeness (QED) is 0.863. The van der Waals surface area contributed by atoms with Crippen LogP contribution in [-0.4, -0.2) is 5.91 Å². The highest BCUT2D eigenvalue weighted by atomic mass is 35.5. The van der Waals surface area contributed by atoms with Gasteiger partial charge in [-0.15, -0.1) is 0 Å². The zero-order chi connectivity index (χ0) is 13.7. The second-order valence-corrected chi connectivity index (χ2v) is 5.92. The van der Waals surface area contributed by atoms with Crippen molar-refractivity contribution in [3.63, 3.8) is 0 Å². The van der Waals surface area contributed by atoms with Crippen molar-refractivity contribution in [2.75, 3.05) is 0 Å². The maximum absolute atomic E-state index is 10.7. The highest BCUT2D eigenvalue weighted by Gasteiger charge is 2.17. The predicted molar refractivity (Wildman–Crippen MR) is 79.4 cm³/mol. The van der Waals surface area contributed by atoms with Crippen LogP contribution < -0.4 is 5.73 Å². The maximum atomic E-state index is 10.7. The molecule has 0 bridgehead atoms. The molecule has 1 aromatic rings. The standard InChI is InChI=1S/C16H22ClNO/c17-15-11-12(5-4-8-16(18)19)9-10-14(15)13-6-2-1-3-7-13/h9-11,13H,1-8H2,(H2,18,19). The van der Waals surface area contributed by atoms with Crippen molar-refractivity contribution in [3.05, 3.63) is 34.3 Å². The van der Waals surface area contributed by atoms with Gasteiger partial charge in [0.15, 0.2) is 0 Å². The summed E-state index contributed by atoms with van der Waals surface area (Å²) < 4.78 is 0. The van der Waals surface area contributed by atoms with Gasteiger partial charge in [0.25, 0.3) is 0 Å². The molecule has 1 saturated carbocycles. The maximum Gasteiger partial charge on any atom is 0.217 e. The number of nitrogens with two attached hydrogens (primary N) is 1. The summed E-state index contributed by atoms with van der Waals surface area (Å²) in [5, 5.41) is 0.892. The van der Waals surface area contributed by atoms with Gasteiger partial charge < -0.3 is 5.73 Å². The monoisotopic (exact) mass is 279 g/mol. The minimum absolute atomic E-state index is 0.232. The molecule has 2 rings (SSSR count). The Balaban J connectivity index is 1.98. The van der Waals surface area contributed by atoms with Crippen molar-refractivity contribution < 1.29 is 4.79 Å². The smallest absolute Gasteiger partial charge is 0.217 e. The highest BCUT2D eigenvalue weighted by Crippen LogP contribution is 2.36. The zero-order valence-electron chi connectivity index (χ0n) is 11.3. The molecule has 19 heavy (non-hydrogen) atoms. The number of halogens is 1. The van der Waals surface area contributed by atoms with Crippen molar-refractivity contribution in [1.29, 1.82) is 0 Å². The molecule has 0 radical (unpaired) electrons. The van der Waals surface area contributed by atoms with Crippen LogP contribution in [-0.2, 0) is 11.2 Å². The first kappa shape index (κ1) is 14.4. The summed E-state index contributed by atoms with van der Waals surface area (Å²) in [6.45, 7) is 0. The van der Waals surface area contributed by atoms with Crippen LogP contribution in [0, 0.1) is 0 Å². The van der Waals surface area contributed by atoms with Crippen LogP contribution in [0.3, 0.4) is 0 Å². The molecule has 1 fully saturated rings. The minimum atomic E-state index is -0.232. The third-order valence-corrected chi connectivity index (χ3v) is 4.33. The fourth-order valence-corrected chi connectivity index (χ4v) is 3.30. The molecule has 0 spiro atoms. The average Bonchev–Trinajstić information content (AvgIpc) is 2.39. The molecule has 3 heteroatoms. The molecule has 1 aliphatic carbocycles. The predicted octanol–water partition coefficient (Wildman–Crippen LogP) is 4.20. The molecule has 1 amide bonds. The second kappa shape index (κ2) is 6.95. The molecule has 0 saturated heterocycles. The Morgan fingerprint density at radius 3 is 2.63 bits per heavy atom. The Bertz CT molecular complexity index is 438. The first-order chi connectivity index (χ1) is 9.16. The van der Waals surface area contributed by atoms with E-state index in [1.165, 1.54) is 43.2 Å². The second-order valence-electron chi connectivity index (χ2n) is 5.51. The van der Waals surface area contributed by atoms with Gasteiger partial charge in [-0.1, -0.05) is 43.0 Å². The Morgan fingerprint density at radius 2 is 2.00 bits per heavy atom. The SMILES string of the molecule is NC(=O)CCCc1ccc(C2CCCCC2)c(Cl)c1. The molecule has 0 heterocycles. The highest BCUT2D eigenvalue weighted by molar-refractivity contribution is 6.31. The van der Waals surface area contributed by atoms with Crippen molar-refractivity contribution in [3.8, 4) is 0 Å². The molecule has 1 aliphatic rings. The van der Waals surface area contributed by atoms with Gasteiger partial charge in [-0.25, -0.2) is 0 Å². The molecule has 1 aromatic carbocycles. The van der Waals surface area contributed by atoms with E-state index in [1.54, 1.807) is 0 Å². The van der Waals surface area contributed by atoms with Crippen molar-refractivity contribution >= 4 is 17.5 Å². The van der Waals surface area contributed by atoms with E-state index in [-0.39, 0.29) is 5.91 Å². The Labute approximate surface area is 120 Å². The zero-order valence-corrected chi connectivity index (χ0v) is 12.1. The lowest BCUT2D eigenvalue weighted by Crippen LogP contribution is -2.10. The van der Waals surface area contributed by atoms with Gasteiger partial charge in [0, 0.05) is 11.4 Å². The molecule has 2 N–H and O–H groups in total. The van der Waals surface area contributed by atoms with E-state index in [0.717, 1.165) is 17.9 Å². The fraction of sp³-hybridized carbons (Fsp3) is 0.562. The summed E-state index contributed by atoms with van der Waals surface area (Å²) in [6.07, 6.45) is 8.65. The van der Waals surface area contributed by atoms with E-state index in [1.807, 2.05) is 0 Å². The summed E-state index contributed by atoms with van der Waals surface area (Å²) in [5.41, 5.74) is 7.65. The third kappa shape index (κ3) is 4.24. The van der Waals surface area contributed by atoms with Crippen LogP contribution in [0.25, 0.3) is 0 Å². The molecule has 0 aromatic heterocycles. The van der Waals surface area contributed by atoms with Gasteiger partial charge in [-0.05, 0) is 48.8 Å². The first-order valence-electron chi connectivity index (χ1n) is 7.23. The molecule has 0 aliphatic heterocycles. The van der Waals surface area contributed by atoms with Crippen LogP contribution in [0.5, 0.6) is 0 Å². The molecular weight excluding hydrogens is 258 g/mol. The number of benzene rings is 1. The van der Waals surface area contributed by atoms with Gasteiger partial charge >= 0.3 is 0 Å². The van der Waals surface area contributed by atoms with Crippen LogP contribution in [0.2, 0.25) is 5.02 Å². The fourth-order valence-electron chi connectivity index (χ4n) is 2.94. The van der Waals surface area contributed by atoms with E-state index in [9.17, 15) is 4.79 Å². The largest absolute Gasteiger partial charge is 0.370 e. The lowest BCUT2D eigenvalue weighted by atomic mass is 9.83. The first-order valence-corrected chi connectivity index (χ1v) is 7.61. The summed E-state index contributed by atoms with van der Waals surface area (Å²) in [5.74, 6) is 0.408.